The Morgan fingerprint density at radius 1 is 1.40 bits per heavy atom. The molecule has 0 radical (unpaired) electrons. The van der Waals surface area contributed by atoms with Gasteiger partial charge < -0.3 is 15.5 Å². The van der Waals surface area contributed by atoms with E-state index in [1.807, 2.05) is 6.92 Å². The van der Waals surface area contributed by atoms with Crippen molar-refractivity contribution in [1.82, 2.24) is 15.5 Å². The number of nitrogens with one attached hydrogen (secondary N) is 2. The van der Waals surface area contributed by atoms with Crippen LogP contribution in [0.2, 0.25) is 5.02 Å². The Hall–Kier alpha value is -1.59. The van der Waals surface area contributed by atoms with Crippen LogP contribution in [-0.4, -0.2) is 49.4 Å². The number of carbonyl (C=O) groups is 2. The first-order valence-electron chi connectivity index (χ1n) is 6.53. The molecule has 0 spiro atoms. The van der Waals surface area contributed by atoms with Crippen molar-refractivity contribution in [2.75, 3.05) is 26.7 Å². The van der Waals surface area contributed by atoms with Crippen molar-refractivity contribution in [3.8, 4) is 0 Å². The first-order valence-corrected chi connectivity index (χ1v) is 6.91. The molecule has 5 nitrogen and oxygen atoms in total. The second-order valence-corrected chi connectivity index (χ2v) is 5.29. The third-order valence-electron chi connectivity index (χ3n) is 3.34. The van der Waals surface area contributed by atoms with Gasteiger partial charge in [0.1, 0.15) is 6.04 Å². The summed E-state index contributed by atoms with van der Waals surface area (Å²) in [5.41, 5.74) is 1.44. The second kappa shape index (κ2) is 6.24. The van der Waals surface area contributed by atoms with E-state index >= 15 is 0 Å². The average molecular weight is 296 g/mol. The number of hydrogen-bond acceptors (Lipinski definition) is 3. The van der Waals surface area contributed by atoms with Crippen molar-refractivity contribution in [2.24, 2.45) is 0 Å². The van der Waals surface area contributed by atoms with Crippen LogP contribution in [0.1, 0.15) is 15.9 Å². The van der Waals surface area contributed by atoms with Crippen molar-refractivity contribution < 1.29 is 9.59 Å². The largest absolute Gasteiger partial charge is 0.357 e. The summed E-state index contributed by atoms with van der Waals surface area (Å²) < 4.78 is 0. The van der Waals surface area contributed by atoms with E-state index in [2.05, 4.69) is 10.6 Å². The van der Waals surface area contributed by atoms with Gasteiger partial charge in [-0.1, -0.05) is 11.6 Å². The number of piperazine rings is 1. The molecule has 1 aliphatic rings. The molecule has 20 heavy (non-hydrogen) atoms. The molecule has 1 aromatic rings. The molecule has 0 bridgehead atoms. The molecule has 1 aliphatic heterocycles. The van der Waals surface area contributed by atoms with Crippen LogP contribution in [0.5, 0.6) is 0 Å². The van der Waals surface area contributed by atoms with Crippen molar-refractivity contribution in [3.05, 3.63) is 34.3 Å². The van der Waals surface area contributed by atoms with Crippen LogP contribution >= 0.6 is 11.6 Å². The topological polar surface area (TPSA) is 61.4 Å². The lowest BCUT2D eigenvalue weighted by Gasteiger charge is -2.35. The summed E-state index contributed by atoms with van der Waals surface area (Å²) >= 11 is 6.00. The summed E-state index contributed by atoms with van der Waals surface area (Å²) in [5, 5.41) is 6.25. The van der Waals surface area contributed by atoms with Crippen LogP contribution in [0, 0.1) is 6.92 Å². The first kappa shape index (κ1) is 14.8. The predicted molar refractivity (Wildman–Crippen MR) is 77.9 cm³/mol. The molecule has 1 heterocycles. The zero-order valence-electron chi connectivity index (χ0n) is 11.6. The zero-order chi connectivity index (χ0) is 14.7. The maximum atomic E-state index is 12.6. The smallest absolute Gasteiger partial charge is 0.254 e. The monoisotopic (exact) mass is 295 g/mol. The number of amides is 2. The van der Waals surface area contributed by atoms with E-state index in [4.69, 9.17) is 11.6 Å². The lowest BCUT2D eigenvalue weighted by Crippen LogP contribution is -2.59. The third-order valence-corrected chi connectivity index (χ3v) is 3.56. The van der Waals surface area contributed by atoms with Gasteiger partial charge in [0.2, 0.25) is 5.91 Å². The van der Waals surface area contributed by atoms with Gasteiger partial charge in [-0.05, 0) is 30.7 Å². The molecule has 0 aliphatic carbocycles. The molecule has 0 aromatic heterocycles. The summed E-state index contributed by atoms with van der Waals surface area (Å²) in [7, 11) is 1.57. The molecule has 2 amide bonds. The highest BCUT2D eigenvalue weighted by molar-refractivity contribution is 6.31. The van der Waals surface area contributed by atoms with Crippen LogP contribution < -0.4 is 10.6 Å². The van der Waals surface area contributed by atoms with E-state index in [1.165, 1.54) is 0 Å². The minimum absolute atomic E-state index is 0.161. The van der Waals surface area contributed by atoms with Crippen molar-refractivity contribution >= 4 is 23.4 Å². The highest BCUT2D eigenvalue weighted by Crippen LogP contribution is 2.18. The van der Waals surface area contributed by atoms with Gasteiger partial charge in [0.25, 0.3) is 5.91 Å². The molecular weight excluding hydrogens is 278 g/mol. The molecule has 108 valence electrons. The Balaban J connectivity index is 2.27. The number of carbonyl (C=O) groups excluding carboxylic acids is 2. The van der Waals surface area contributed by atoms with E-state index < -0.39 is 6.04 Å². The first-order chi connectivity index (χ1) is 9.52. The Bertz CT molecular complexity index is 513. The molecule has 1 unspecified atom stereocenters. The molecule has 1 saturated heterocycles. The van der Waals surface area contributed by atoms with E-state index in [9.17, 15) is 9.59 Å². The molecule has 2 N–H and O–H groups in total. The van der Waals surface area contributed by atoms with Gasteiger partial charge in [-0.2, -0.15) is 0 Å². The second-order valence-electron chi connectivity index (χ2n) is 4.85. The van der Waals surface area contributed by atoms with Crippen molar-refractivity contribution in [1.29, 1.82) is 0 Å². The Labute approximate surface area is 123 Å². The lowest BCUT2D eigenvalue weighted by molar-refractivity contribution is -0.125. The highest BCUT2D eigenvalue weighted by Gasteiger charge is 2.32. The summed E-state index contributed by atoms with van der Waals surface area (Å²) in [6, 6.07) is 4.74. The number of nitrogens with zero attached hydrogens (tertiary/aromatic N) is 1. The molecule has 6 heteroatoms. The van der Waals surface area contributed by atoms with E-state index in [-0.39, 0.29) is 11.8 Å². The minimum atomic E-state index is -0.486. The van der Waals surface area contributed by atoms with Gasteiger partial charge in [-0.25, -0.2) is 0 Å². The standard InChI is InChI=1S/C14H18ClN3O2/c1-9-5-10(7-11(15)6-9)14(20)18-4-3-17-8-12(18)13(19)16-2/h5-7,12,17H,3-4,8H2,1-2H3,(H,16,19). The molecular formula is C14H18ClN3O2. The number of rotatable bonds is 2. The van der Waals surface area contributed by atoms with Gasteiger partial charge >= 0.3 is 0 Å². The summed E-state index contributed by atoms with van der Waals surface area (Å²) in [6.45, 7) is 3.53. The summed E-state index contributed by atoms with van der Waals surface area (Å²) in [6.07, 6.45) is 0. The van der Waals surface area contributed by atoms with Gasteiger partial charge in [-0.15, -0.1) is 0 Å². The molecule has 1 aromatic carbocycles. The molecule has 0 saturated carbocycles. The predicted octanol–water partition coefficient (Wildman–Crippen LogP) is 0.808. The van der Waals surface area contributed by atoms with Gasteiger partial charge in [-0.3, -0.25) is 9.59 Å². The molecule has 2 rings (SSSR count). The summed E-state index contributed by atoms with van der Waals surface area (Å²) in [4.78, 5) is 26.1. The van der Waals surface area contributed by atoms with E-state index in [1.54, 1.807) is 30.1 Å². The van der Waals surface area contributed by atoms with Crippen molar-refractivity contribution in [2.45, 2.75) is 13.0 Å². The van der Waals surface area contributed by atoms with Gasteiger partial charge in [0, 0.05) is 37.3 Å². The Morgan fingerprint density at radius 2 is 2.15 bits per heavy atom. The Morgan fingerprint density at radius 3 is 2.80 bits per heavy atom. The molecule has 1 fully saturated rings. The van der Waals surface area contributed by atoms with Crippen LogP contribution in [0.4, 0.5) is 0 Å². The van der Waals surface area contributed by atoms with Gasteiger partial charge in [0.15, 0.2) is 0 Å². The third kappa shape index (κ3) is 3.11. The summed E-state index contributed by atoms with van der Waals surface area (Å²) in [5.74, 6) is -0.324. The van der Waals surface area contributed by atoms with Crippen LogP contribution in [0.15, 0.2) is 18.2 Å². The normalized spacial score (nSPS) is 18.8. The Kier molecular flexibility index (Phi) is 4.62. The maximum Gasteiger partial charge on any atom is 0.254 e. The van der Waals surface area contributed by atoms with Crippen LogP contribution in [0.25, 0.3) is 0 Å². The molecule has 1 atom stereocenters. The minimum Gasteiger partial charge on any atom is -0.357 e. The fraction of sp³-hybridized carbons (Fsp3) is 0.429. The van der Waals surface area contributed by atoms with Crippen LogP contribution in [-0.2, 0) is 4.79 Å². The SMILES string of the molecule is CNC(=O)C1CNCCN1C(=O)c1cc(C)cc(Cl)c1. The zero-order valence-corrected chi connectivity index (χ0v) is 12.3. The number of aryl methyl sites for hydroxylation is 1. The van der Waals surface area contributed by atoms with Gasteiger partial charge in [0.05, 0.1) is 0 Å². The van der Waals surface area contributed by atoms with E-state index in [0.29, 0.717) is 30.2 Å². The number of likely N-dealkylation sites (N-methyl/N-ethyl adjacent to an activating group) is 1. The fourth-order valence-corrected chi connectivity index (χ4v) is 2.66. The number of halogens is 1. The number of benzene rings is 1. The average Bonchev–Trinajstić information content (AvgIpc) is 2.44. The lowest BCUT2D eigenvalue weighted by atomic mass is 10.1. The maximum absolute atomic E-state index is 12.6. The van der Waals surface area contributed by atoms with Crippen molar-refractivity contribution in [3.63, 3.8) is 0 Å². The number of hydrogen-bond donors (Lipinski definition) is 2. The quantitative estimate of drug-likeness (QED) is 0.849. The van der Waals surface area contributed by atoms with E-state index in [0.717, 1.165) is 5.56 Å². The van der Waals surface area contributed by atoms with Crippen LogP contribution in [0.3, 0.4) is 0 Å². The fourth-order valence-electron chi connectivity index (χ4n) is 2.37. The highest BCUT2D eigenvalue weighted by atomic mass is 35.5.